The molecule has 0 amide bonds. The molecule has 1 unspecified atom stereocenters. The van der Waals surface area contributed by atoms with E-state index in [0.29, 0.717) is 19.0 Å². The van der Waals surface area contributed by atoms with E-state index >= 15 is 0 Å². The van der Waals surface area contributed by atoms with Crippen molar-refractivity contribution < 1.29 is 13.2 Å². The van der Waals surface area contributed by atoms with Crippen LogP contribution in [0.5, 0.6) is 5.75 Å². The Kier molecular flexibility index (Phi) is 6.19. The number of fused-ring (bicyclic) bond motifs is 1. The zero-order chi connectivity index (χ0) is 20.4. The first-order valence-corrected chi connectivity index (χ1v) is 11.7. The van der Waals surface area contributed by atoms with Crippen LogP contribution >= 0.6 is 0 Å². The molecule has 28 heavy (non-hydrogen) atoms. The standard InChI is InChI=1S/C20H32N4O3S/c1-20(2)13-17(16-7-5-6-8-18(16)27-20)23-19(21-3)22-14-15-9-11-24(12-10-15)28(4,25)26/h5-8,15,17H,9-14H2,1-4H3,(H2,21,22,23). The quantitative estimate of drug-likeness (QED) is 0.589. The van der Waals surface area contributed by atoms with Crippen LogP contribution in [-0.2, 0) is 10.0 Å². The number of guanidine groups is 1. The number of benzene rings is 1. The number of hydrogen-bond acceptors (Lipinski definition) is 4. The largest absolute Gasteiger partial charge is 0.487 e. The number of piperidine rings is 1. The lowest BCUT2D eigenvalue weighted by Crippen LogP contribution is -2.47. The molecule has 1 aromatic rings. The molecule has 0 aliphatic carbocycles. The number of rotatable bonds is 4. The van der Waals surface area contributed by atoms with Gasteiger partial charge in [-0.1, -0.05) is 18.2 Å². The van der Waals surface area contributed by atoms with Crippen LogP contribution in [0.25, 0.3) is 0 Å². The number of para-hydroxylation sites is 1. The molecular weight excluding hydrogens is 376 g/mol. The summed E-state index contributed by atoms with van der Waals surface area (Å²) in [6.45, 7) is 6.18. The minimum Gasteiger partial charge on any atom is -0.487 e. The van der Waals surface area contributed by atoms with Crippen LogP contribution in [-0.4, -0.2) is 57.2 Å². The number of hydrogen-bond donors (Lipinski definition) is 2. The van der Waals surface area contributed by atoms with E-state index in [0.717, 1.165) is 43.1 Å². The van der Waals surface area contributed by atoms with Crippen molar-refractivity contribution in [1.82, 2.24) is 14.9 Å². The van der Waals surface area contributed by atoms with Crippen LogP contribution < -0.4 is 15.4 Å². The Morgan fingerprint density at radius 2 is 1.96 bits per heavy atom. The maximum absolute atomic E-state index is 11.7. The van der Waals surface area contributed by atoms with Gasteiger partial charge in [0.15, 0.2) is 5.96 Å². The van der Waals surface area contributed by atoms with Crippen LogP contribution in [0.1, 0.15) is 44.7 Å². The summed E-state index contributed by atoms with van der Waals surface area (Å²) >= 11 is 0. The van der Waals surface area contributed by atoms with E-state index in [-0.39, 0.29) is 11.6 Å². The number of sulfonamides is 1. The Hall–Kier alpha value is -1.80. The van der Waals surface area contributed by atoms with Crippen molar-refractivity contribution in [1.29, 1.82) is 0 Å². The molecule has 0 radical (unpaired) electrons. The fourth-order valence-corrected chi connectivity index (χ4v) is 4.85. The molecule has 1 aromatic carbocycles. The van der Waals surface area contributed by atoms with Crippen molar-refractivity contribution in [3.63, 3.8) is 0 Å². The van der Waals surface area contributed by atoms with Gasteiger partial charge in [-0.05, 0) is 38.7 Å². The second-order valence-corrected chi connectivity index (χ2v) is 10.3. The molecule has 0 aromatic heterocycles. The van der Waals surface area contributed by atoms with E-state index in [1.807, 2.05) is 18.2 Å². The van der Waals surface area contributed by atoms with Crippen molar-refractivity contribution >= 4 is 16.0 Å². The normalized spacial score (nSPS) is 23.6. The maximum atomic E-state index is 11.7. The topological polar surface area (TPSA) is 83.0 Å². The Morgan fingerprint density at radius 3 is 2.61 bits per heavy atom. The summed E-state index contributed by atoms with van der Waals surface area (Å²) < 4.78 is 31.0. The Labute approximate surface area is 168 Å². The summed E-state index contributed by atoms with van der Waals surface area (Å²) in [4.78, 5) is 4.39. The van der Waals surface area contributed by atoms with Gasteiger partial charge >= 0.3 is 0 Å². The summed E-state index contributed by atoms with van der Waals surface area (Å²) in [6.07, 6.45) is 3.86. The summed E-state index contributed by atoms with van der Waals surface area (Å²) in [7, 11) is -1.30. The molecule has 0 saturated carbocycles. The van der Waals surface area contributed by atoms with Gasteiger partial charge in [0.2, 0.25) is 10.0 Å². The Bertz CT molecular complexity index is 814. The molecule has 1 atom stereocenters. The predicted octanol–water partition coefficient (Wildman–Crippen LogP) is 2.13. The second-order valence-electron chi connectivity index (χ2n) is 8.36. The van der Waals surface area contributed by atoms with Gasteiger partial charge in [0.25, 0.3) is 0 Å². The van der Waals surface area contributed by atoms with E-state index in [9.17, 15) is 8.42 Å². The summed E-state index contributed by atoms with van der Waals surface area (Å²) in [5.41, 5.74) is 0.898. The fourth-order valence-electron chi connectivity index (χ4n) is 3.98. The molecule has 2 heterocycles. The molecule has 2 aliphatic heterocycles. The molecule has 7 nitrogen and oxygen atoms in total. The molecule has 1 fully saturated rings. The van der Waals surface area contributed by atoms with Gasteiger partial charge < -0.3 is 15.4 Å². The lowest BCUT2D eigenvalue weighted by Gasteiger charge is -2.38. The third-order valence-corrected chi connectivity index (χ3v) is 6.81. The lowest BCUT2D eigenvalue weighted by molar-refractivity contribution is 0.0694. The van der Waals surface area contributed by atoms with E-state index in [1.165, 1.54) is 6.26 Å². The Morgan fingerprint density at radius 1 is 1.29 bits per heavy atom. The van der Waals surface area contributed by atoms with Crippen molar-refractivity contribution in [3.05, 3.63) is 29.8 Å². The zero-order valence-electron chi connectivity index (χ0n) is 17.2. The van der Waals surface area contributed by atoms with Crippen molar-refractivity contribution in [2.45, 2.75) is 44.8 Å². The van der Waals surface area contributed by atoms with Crippen LogP contribution in [0.2, 0.25) is 0 Å². The monoisotopic (exact) mass is 408 g/mol. The van der Waals surface area contributed by atoms with Gasteiger partial charge in [0.1, 0.15) is 11.4 Å². The Balaban J connectivity index is 1.57. The minimum absolute atomic E-state index is 0.123. The van der Waals surface area contributed by atoms with Crippen molar-refractivity contribution in [3.8, 4) is 5.75 Å². The molecule has 2 aliphatic rings. The first-order chi connectivity index (χ1) is 13.2. The first-order valence-electron chi connectivity index (χ1n) is 9.88. The molecule has 2 N–H and O–H groups in total. The molecule has 8 heteroatoms. The summed E-state index contributed by atoms with van der Waals surface area (Å²) in [6, 6.07) is 8.25. The zero-order valence-corrected chi connectivity index (χ0v) is 18.1. The average molecular weight is 409 g/mol. The maximum Gasteiger partial charge on any atom is 0.211 e. The van der Waals surface area contributed by atoms with Crippen LogP contribution in [0, 0.1) is 5.92 Å². The molecule has 3 rings (SSSR count). The first kappa shape index (κ1) is 20.9. The predicted molar refractivity (Wildman–Crippen MR) is 112 cm³/mol. The fraction of sp³-hybridized carbons (Fsp3) is 0.650. The number of nitrogens with one attached hydrogen (secondary N) is 2. The van der Waals surface area contributed by atoms with Gasteiger partial charge in [0, 0.05) is 38.7 Å². The molecule has 156 valence electrons. The average Bonchev–Trinajstić information content (AvgIpc) is 2.63. The summed E-state index contributed by atoms with van der Waals surface area (Å²) in [5.74, 6) is 2.12. The molecular formula is C20H32N4O3S. The molecule has 1 saturated heterocycles. The van der Waals surface area contributed by atoms with Crippen LogP contribution in [0.3, 0.4) is 0 Å². The third kappa shape index (κ3) is 5.17. The number of aliphatic imine (C=N–C) groups is 1. The third-order valence-electron chi connectivity index (χ3n) is 5.51. The van der Waals surface area contributed by atoms with Gasteiger partial charge in [-0.25, -0.2) is 12.7 Å². The van der Waals surface area contributed by atoms with Gasteiger partial charge in [0.05, 0.1) is 12.3 Å². The van der Waals surface area contributed by atoms with Gasteiger partial charge in [-0.3, -0.25) is 4.99 Å². The lowest BCUT2D eigenvalue weighted by atomic mass is 9.90. The van der Waals surface area contributed by atoms with Crippen LogP contribution in [0.15, 0.2) is 29.3 Å². The van der Waals surface area contributed by atoms with Gasteiger partial charge in [-0.15, -0.1) is 0 Å². The number of nitrogens with zero attached hydrogens (tertiary/aromatic N) is 2. The number of ether oxygens (including phenoxy) is 1. The molecule has 0 bridgehead atoms. The smallest absolute Gasteiger partial charge is 0.211 e. The highest BCUT2D eigenvalue weighted by molar-refractivity contribution is 7.88. The SMILES string of the molecule is CN=C(NCC1CCN(S(C)(=O)=O)CC1)NC1CC(C)(C)Oc2ccccc21. The van der Waals surface area contributed by atoms with Crippen LogP contribution in [0.4, 0.5) is 0 Å². The molecule has 0 spiro atoms. The minimum atomic E-state index is -3.08. The van der Waals surface area contributed by atoms with Gasteiger partial charge in [-0.2, -0.15) is 0 Å². The van der Waals surface area contributed by atoms with Crippen molar-refractivity contribution in [2.75, 3.05) is 32.9 Å². The highest BCUT2D eigenvalue weighted by atomic mass is 32.2. The highest BCUT2D eigenvalue weighted by Gasteiger charge is 2.34. The second kappa shape index (κ2) is 8.29. The van der Waals surface area contributed by atoms with E-state index in [4.69, 9.17) is 4.74 Å². The highest BCUT2D eigenvalue weighted by Crippen LogP contribution is 2.39. The van der Waals surface area contributed by atoms with E-state index in [1.54, 1.807) is 11.4 Å². The van der Waals surface area contributed by atoms with E-state index < -0.39 is 10.0 Å². The van der Waals surface area contributed by atoms with E-state index in [2.05, 4.69) is 35.5 Å². The van der Waals surface area contributed by atoms with Crippen molar-refractivity contribution in [2.24, 2.45) is 10.9 Å². The summed E-state index contributed by atoms with van der Waals surface area (Å²) in [5, 5.41) is 6.97.